The third-order valence-electron chi connectivity index (χ3n) is 4.67. The van der Waals surface area contributed by atoms with Crippen LogP contribution < -0.4 is 10.6 Å². The van der Waals surface area contributed by atoms with E-state index < -0.39 is 18.2 Å². The number of benzene rings is 3. The second-order valence-electron chi connectivity index (χ2n) is 6.75. The zero-order valence-electron chi connectivity index (χ0n) is 16.4. The molecular formula is C22H16ClN5O4. The fourth-order valence-electron chi connectivity index (χ4n) is 3.18. The van der Waals surface area contributed by atoms with Gasteiger partial charge in [0.15, 0.2) is 5.78 Å². The Bertz CT molecular complexity index is 1320. The first kappa shape index (κ1) is 21.0. The third-order valence-corrected chi connectivity index (χ3v) is 4.92. The molecule has 1 atom stereocenters. The number of carboxylic acid groups (broad SMARTS) is 1. The van der Waals surface area contributed by atoms with Gasteiger partial charge >= 0.3 is 6.09 Å². The number of halogens is 1. The van der Waals surface area contributed by atoms with E-state index >= 15 is 0 Å². The van der Waals surface area contributed by atoms with Crippen LogP contribution in [0.5, 0.6) is 0 Å². The van der Waals surface area contributed by atoms with Crippen molar-refractivity contribution in [3.05, 3.63) is 88.9 Å². The van der Waals surface area contributed by atoms with Gasteiger partial charge in [-0.15, -0.1) is 5.10 Å². The van der Waals surface area contributed by atoms with E-state index in [4.69, 9.17) is 11.6 Å². The van der Waals surface area contributed by atoms with Gasteiger partial charge in [0.2, 0.25) is 6.17 Å². The van der Waals surface area contributed by atoms with Crippen molar-refractivity contribution in [2.24, 2.45) is 0 Å². The monoisotopic (exact) mass is 449 g/mol. The van der Waals surface area contributed by atoms with Crippen LogP contribution in [-0.2, 0) is 4.79 Å². The Morgan fingerprint density at radius 2 is 1.62 bits per heavy atom. The van der Waals surface area contributed by atoms with Gasteiger partial charge in [0.1, 0.15) is 5.52 Å². The summed E-state index contributed by atoms with van der Waals surface area (Å²) in [6.45, 7) is 0. The molecule has 0 aliphatic rings. The van der Waals surface area contributed by atoms with Gasteiger partial charge in [-0.3, -0.25) is 14.9 Å². The minimum absolute atomic E-state index is 0.221. The van der Waals surface area contributed by atoms with Gasteiger partial charge in [0.25, 0.3) is 5.91 Å². The van der Waals surface area contributed by atoms with Crippen LogP contribution in [0.25, 0.3) is 11.0 Å². The lowest BCUT2D eigenvalue weighted by Gasteiger charge is -2.18. The molecule has 0 spiro atoms. The molecular weight excluding hydrogens is 434 g/mol. The van der Waals surface area contributed by atoms with Crippen molar-refractivity contribution >= 4 is 46.1 Å². The summed E-state index contributed by atoms with van der Waals surface area (Å²) in [5.74, 6) is -1.06. The number of carbonyl (C=O) groups is 3. The molecule has 9 nitrogen and oxygen atoms in total. The summed E-state index contributed by atoms with van der Waals surface area (Å²) in [5, 5.41) is 22.4. The van der Waals surface area contributed by atoms with Gasteiger partial charge in [0.05, 0.1) is 11.2 Å². The molecule has 0 aliphatic carbocycles. The molecule has 1 aromatic heterocycles. The van der Waals surface area contributed by atoms with Crippen LogP contribution in [-0.4, -0.2) is 37.9 Å². The molecule has 1 unspecified atom stereocenters. The minimum atomic E-state index is -1.42. The van der Waals surface area contributed by atoms with E-state index in [2.05, 4.69) is 20.9 Å². The molecule has 0 fully saturated rings. The second-order valence-corrected chi connectivity index (χ2v) is 7.18. The molecule has 3 N–H and O–H groups in total. The fraction of sp³-hybridized carbons (Fsp3) is 0.0455. The van der Waals surface area contributed by atoms with E-state index in [0.717, 1.165) is 0 Å². The van der Waals surface area contributed by atoms with Crippen molar-refractivity contribution in [1.82, 2.24) is 20.3 Å². The number of nitrogens with zero attached hydrogens (tertiary/aromatic N) is 3. The van der Waals surface area contributed by atoms with Crippen molar-refractivity contribution in [3.8, 4) is 0 Å². The summed E-state index contributed by atoms with van der Waals surface area (Å²) in [6, 6.07) is 19.6. The fourth-order valence-corrected chi connectivity index (χ4v) is 3.31. The second kappa shape index (κ2) is 8.86. The highest BCUT2D eigenvalue weighted by Crippen LogP contribution is 2.22. The molecule has 10 heteroatoms. The van der Waals surface area contributed by atoms with Gasteiger partial charge < -0.3 is 10.4 Å². The van der Waals surface area contributed by atoms with Crippen molar-refractivity contribution in [1.29, 1.82) is 0 Å². The first-order valence-electron chi connectivity index (χ1n) is 9.43. The molecule has 0 bridgehead atoms. The molecule has 0 saturated carbocycles. The zero-order chi connectivity index (χ0) is 22.7. The SMILES string of the molecule is O=C(O)NC(C(=O)Nc1ccccc1C(=O)c1ccc(Cl)cc1)n1nnc2ccccc21. The molecule has 2 amide bonds. The van der Waals surface area contributed by atoms with Crippen LogP contribution in [0.1, 0.15) is 22.1 Å². The maximum Gasteiger partial charge on any atom is 0.406 e. The van der Waals surface area contributed by atoms with Crippen LogP contribution in [0.2, 0.25) is 5.02 Å². The van der Waals surface area contributed by atoms with E-state index in [-0.39, 0.29) is 17.0 Å². The first-order chi connectivity index (χ1) is 15.4. The number of carbonyl (C=O) groups excluding carboxylic acids is 2. The largest absolute Gasteiger partial charge is 0.465 e. The minimum Gasteiger partial charge on any atom is -0.465 e. The van der Waals surface area contributed by atoms with Crippen LogP contribution >= 0.6 is 11.6 Å². The van der Waals surface area contributed by atoms with Crippen LogP contribution in [0.3, 0.4) is 0 Å². The Morgan fingerprint density at radius 1 is 0.938 bits per heavy atom. The molecule has 1 heterocycles. The number of nitrogens with one attached hydrogen (secondary N) is 2. The topological polar surface area (TPSA) is 126 Å². The van der Waals surface area contributed by atoms with Crippen LogP contribution in [0.15, 0.2) is 72.8 Å². The van der Waals surface area contributed by atoms with Crippen molar-refractivity contribution in [2.75, 3.05) is 5.32 Å². The Kier molecular flexibility index (Phi) is 5.82. The highest BCUT2D eigenvalue weighted by atomic mass is 35.5. The lowest BCUT2D eigenvalue weighted by Crippen LogP contribution is -2.40. The lowest BCUT2D eigenvalue weighted by atomic mass is 10.0. The predicted octanol–water partition coefficient (Wildman–Crippen LogP) is 3.72. The van der Waals surface area contributed by atoms with E-state index in [1.165, 1.54) is 4.68 Å². The van der Waals surface area contributed by atoms with E-state index in [9.17, 15) is 19.5 Å². The van der Waals surface area contributed by atoms with E-state index in [1.54, 1.807) is 72.8 Å². The number of anilines is 1. The van der Waals surface area contributed by atoms with E-state index in [0.29, 0.717) is 21.6 Å². The highest BCUT2D eigenvalue weighted by molar-refractivity contribution is 6.30. The number of amides is 2. The van der Waals surface area contributed by atoms with Crippen molar-refractivity contribution in [3.63, 3.8) is 0 Å². The Morgan fingerprint density at radius 3 is 2.38 bits per heavy atom. The number of ketones is 1. The molecule has 0 radical (unpaired) electrons. The number of hydrogen-bond donors (Lipinski definition) is 3. The van der Waals surface area contributed by atoms with Gasteiger partial charge in [-0.05, 0) is 48.5 Å². The molecule has 4 rings (SSSR count). The summed E-state index contributed by atoms with van der Waals surface area (Å²) in [6.07, 6.45) is -2.84. The van der Waals surface area contributed by atoms with Gasteiger partial charge in [-0.2, -0.15) is 0 Å². The quantitative estimate of drug-likeness (QED) is 0.385. The summed E-state index contributed by atoms with van der Waals surface area (Å²) >= 11 is 5.89. The van der Waals surface area contributed by atoms with Crippen molar-refractivity contribution < 1.29 is 19.5 Å². The number of fused-ring (bicyclic) bond motifs is 1. The maximum atomic E-state index is 13.1. The summed E-state index contributed by atoms with van der Waals surface area (Å²) in [7, 11) is 0. The van der Waals surface area contributed by atoms with Gasteiger partial charge in [-0.25, -0.2) is 9.48 Å². The van der Waals surface area contributed by atoms with Crippen molar-refractivity contribution in [2.45, 2.75) is 6.17 Å². The Labute approximate surface area is 186 Å². The van der Waals surface area contributed by atoms with Gasteiger partial charge in [-0.1, -0.05) is 41.1 Å². The number of rotatable bonds is 6. The predicted molar refractivity (Wildman–Crippen MR) is 118 cm³/mol. The van der Waals surface area contributed by atoms with Crippen LogP contribution in [0.4, 0.5) is 10.5 Å². The molecule has 3 aromatic carbocycles. The molecule has 32 heavy (non-hydrogen) atoms. The Hall–Kier alpha value is -4.24. The number of hydrogen-bond acceptors (Lipinski definition) is 5. The lowest BCUT2D eigenvalue weighted by molar-refractivity contribution is -0.120. The standard InChI is InChI=1S/C22H16ClN5O4/c23-14-11-9-13(10-12-14)19(29)15-5-1-2-6-16(15)24-21(30)20(25-22(31)32)28-18-8-4-3-7-17(18)26-27-28/h1-12,20,25H,(H,24,30)(H,31,32). The highest BCUT2D eigenvalue weighted by Gasteiger charge is 2.27. The molecule has 0 aliphatic heterocycles. The number of para-hydroxylation sites is 2. The summed E-state index contributed by atoms with van der Waals surface area (Å²) in [5.41, 5.74) is 1.81. The zero-order valence-corrected chi connectivity index (χ0v) is 17.2. The Balaban J connectivity index is 1.66. The summed E-state index contributed by atoms with van der Waals surface area (Å²) < 4.78 is 1.17. The average molecular weight is 450 g/mol. The summed E-state index contributed by atoms with van der Waals surface area (Å²) in [4.78, 5) is 37.4. The molecule has 160 valence electrons. The smallest absolute Gasteiger partial charge is 0.406 e. The van der Waals surface area contributed by atoms with Crippen LogP contribution in [0, 0.1) is 0 Å². The first-order valence-corrected chi connectivity index (χ1v) is 9.81. The maximum absolute atomic E-state index is 13.1. The molecule has 0 saturated heterocycles. The molecule has 4 aromatic rings. The van der Waals surface area contributed by atoms with E-state index in [1.807, 2.05) is 0 Å². The third kappa shape index (κ3) is 4.28. The number of aromatic nitrogens is 3. The van der Waals surface area contributed by atoms with Gasteiger partial charge in [0, 0.05) is 16.1 Å². The normalized spacial score (nSPS) is 11.7. The average Bonchev–Trinajstić information content (AvgIpc) is 3.21.